The van der Waals surface area contributed by atoms with Crippen molar-refractivity contribution in [3.05, 3.63) is 65.4 Å². The molecule has 236 valence electrons. The Hall–Kier alpha value is -4.44. The second-order valence-corrected chi connectivity index (χ2v) is 12.3. The van der Waals surface area contributed by atoms with Crippen LogP contribution in [0.1, 0.15) is 47.8 Å². The minimum atomic E-state index is -3.88. The van der Waals surface area contributed by atoms with Crippen LogP contribution in [0.3, 0.4) is 0 Å². The molecule has 4 N–H and O–H groups in total. The number of fused-ring (bicyclic) bond motifs is 2. The van der Waals surface area contributed by atoms with Gasteiger partial charge in [-0.3, -0.25) is 19.2 Å². The number of nitrogens with zero attached hydrogens (tertiary/aromatic N) is 4. The molecule has 0 bridgehead atoms. The lowest BCUT2D eigenvalue weighted by molar-refractivity contribution is -0.144. The maximum absolute atomic E-state index is 14.2. The number of nitrogens with one attached hydrogen (secondary N) is 2. The lowest BCUT2D eigenvalue weighted by Gasteiger charge is -2.39. The maximum Gasteiger partial charge on any atom is 0.339 e. The minimum Gasteiger partial charge on any atom is -0.351 e. The van der Waals surface area contributed by atoms with Gasteiger partial charge in [0.15, 0.2) is 0 Å². The van der Waals surface area contributed by atoms with Crippen LogP contribution < -0.4 is 10.2 Å². The summed E-state index contributed by atoms with van der Waals surface area (Å²) in [6, 6.07) is 10.9. The van der Waals surface area contributed by atoms with E-state index in [1.165, 1.54) is 40.8 Å². The number of halogens is 2. The Kier molecular flexibility index (Phi) is 8.89. The molecule has 0 aliphatic carbocycles. The first-order valence-electron chi connectivity index (χ1n) is 14.2. The van der Waals surface area contributed by atoms with Crippen molar-refractivity contribution in [2.24, 2.45) is 0 Å². The zero-order chi connectivity index (χ0) is 32.6. The number of amides is 4. The van der Waals surface area contributed by atoms with E-state index in [9.17, 15) is 33.2 Å². The monoisotopic (exact) mass is 640 g/mol. The summed E-state index contributed by atoms with van der Waals surface area (Å²) in [5.74, 6) is -1.97. The first-order valence-corrected chi connectivity index (χ1v) is 15.4. The van der Waals surface area contributed by atoms with Gasteiger partial charge in [0.2, 0.25) is 26.1 Å². The van der Waals surface area contributed by atoms with Crippen LogP contribution in [0.2, 0.25) is 0 Å². The maximum atomic E-state index is 14.2. The first kappa shape index (κ1) is 32.0. The van der Waals surface area contributed by atoms with Gasteiger partial charge in [0.25, 0.3) is 5.91 Å². The number of hydrogen-bond donors (Lipinski definition) is 4. The van der Waals surface area contributed by atoms with E-state index in [0.29, 0.717) is 42.6 Å². The average Bonchev–Trinajstić information content (AvgIpc) is 3.64. The zero-order valence-corrected chi connectivity index (χ0v) is 25.3. The molecule has 15 heteroatoms. The third kappa shape index (κ3) is 6.11. The van der Waals surface area contributed by atoms with Gasteiger partial charge in [0.05, 0.1) is 11.3 Å². The molecule has 3 heterocycles. The highest BCUT2D eigenvalue weighted by atomic mass is 31.2. The Morgan fingerprint density at radius 2 is 1.87 bits per heavy atom. The van der Waals surface area contributed by atoms with Gasteiger partial charge >= 0.3 is 5.66 Å². The van der Waals surface area contributed by atoms with Gasteiger partial charge < -0.3 is 34.8 Å². The molecule has 3 atom stereocenters. The molecule has 2 aromatic carbocycles. The third-order valence-corrected chi connectivity index (χ3v) is 9.17. The second kappa shape index (κ2) is 12.5. The van der Waals surface area contributed by atoms with E-state index in [0.717, 1.165) is 12.1 Å². The number of carbonyl (C=O) groups is 4. The van der Waals surface area contributed by atoms with E-state index in [4.69, 9.17) is 9.79 Å². The molecule has 0 spiro atoms. The molecular weight excluding hydrogens is 609 g/mol. The fourth-order valence-electron chi connectivity index (χ4n) is 6.01. The molecule has 5 rings (SSSR count). The predicted octanol–water partition coefficient (Wildman–Crippen LogP) is 2.76. The number of aromatic amines is 1. The molecule has 2 fully saturated rings. The van der Waals surface area contributed by atoms with E-state index < -0.39 is 43.5 Å². The second-order valence-electron chi connectivity index (χ2n) is 11.1. The fraction of sp³-hybridized carbons (Fsp3) is 0.367. The van der Waals surface area contributed by atoms with Crippen LogP contribution in [0.15, 0.2) is 48.5 Å². The summed E-state index contributed by atoms with van der Waals surface area (Å²) in [4.78, 5) is 79.1. The number of carbonyl (C=O) groups excluding carboxylic acids is 4. The number of aromatic nitrogens is 1. The summed E-state index contributed by atoms with van der Waals surface area (Å²) in [5, 5.41) is 12.4. The Morgan fingerprint density at radius 3 is 2.56 bits per heavy atom. The van der Waals surface area contributed by atoms with E-state index in [1.54, 1.807) is 24.3 Å². The van der Waals surface area contributed by atoms with Gasteiger partial charge in [-0.05, 0) is 49.6 Å². The van der Waals surface area contributed by atoms with Gasteiger partial charge in [-0.1, -0.05) is 18.2 Å². The van der Waals surface area contributed by atoms with Crippen LogP contribution >= 0.6 is 8.38 Å². The largest absolute Gasteiger partial charge is 0.351 e. The number of benzene rings is 2. The highest BCUT2D eigenvalue weighted by Gasteiger charge is 2.46. The van der Waals surface area contributed by atoms with Gasteiger partial charge in [0.1, 0.15) is 23.8 Å². The van der Waals surface area contributed by atoms with Crippen LogP contribution in [0.5, 0.6) is 0 Å². The Balaban J connectivity index is 1.42. The lowest BCUT2D eigenvalue weighted by atomic mass is 10.1. The van der Waals surface area contributed by atoms with Crippen molar-refractivity contribution in [1.29, 1.82) is 5.26 Å². The number of alkyl halides is 2. The molecule has 1 aromatic heterocycles. The summed E-state index contributed by atoms with van der Waals surface area (Å²) < 4.78 is 28.4. The Labute approximate surface area is 258 Å². The number of nitriles is 1. The Bertz CT molecular complexity index is 1710. The first-order chi connectivity index (χ1) is 21.3. The summed E-state index contributed by atoms with van der Waals surface area (Å²) in [6.45, 7) is 1.51. The van der Waals surface area contributed by atoms with Crippen molar-refractivity contribution in [1.82, 2.24) is 20.1 Å². The van der Waals surface area contributed by atoms with Crippen molar-refractivity contribution in [2.45, 2.75) is 50.0 Å². The van der Waals surface area contributed by atoms with Crippen LogP contribution in [0.25, 0.3) is 10.9 Å². The smallest absolute Gasteiger partial charge is 0.339 e. The van der Waals surface area contributed by atoms with Crippen molar-refractivity contribution in [3.63, 3.8) is 0 Å². The van der Waals surface area contributed by atoms with Crippen molar-refractivity contribution < 1.29 is 37.7 Å². The Morgan fingerprint density at radius 1 is 1.13 bits per heavy atom. The molecule has 0 saturated carbocycles. The number of likely N-dealkylation sites (N-methyl/N-ethyl adjacent to an activating group) is 1. The summed E-state index contributed by atoms with van der Waals surface area (Å²) >= 11 is 0. The molecule has 2 saturated heterocycles. The van der Waals surface area contributed by atoms with Crippen molar-refractivity contribution in [2.75, 3.05) is 25.0 Å². The van der Waals surface area contributed by atoms with E-state index >= 15 is 0 Å². The van der Waals surface area contributed by atoms with E-state index in [1.807, 2.05) is 0 Å². The van der Waals surface area contributed by atoms with Crippen LogP contribution in [-0.4, -0.2) is 86.5 Å². The number of rotatable bonds is 6. The molecule has 0 unspecified atom stereocenters. The number of H-pyrrole nitrogens is 1. The molecule has 3 aromatic rings. The molecule has 45 heavy (non-hydrogen) atoms. The quantitative estimate of drug-likeness (QED) is 0.300. The van der Waals surface area contributed by atoms with E-state index in [-0.39, 0.29) is 35.5 Å². The average molecular weight is 641 g/mol. The van der Waals surface area contributed by atoms with Gasteiger partial charge in [0, 0.05) is 49.6 Å². The zero-order valence-electron chi connectivity index (χ0n) is 24.4. The SMILES string of the molecule is CC(=O)N1CC[C@H]2CC[C@@H](C(=O)N(C)c3ccccc3C#N)N2C(=O)[C@@H](NC(=O)c2cc3cc(C(F)(F)P(O)O)ccc3[nH]2)C1. The molecule has 12 nitrogen and oxygen atoms in total. The highest BCUT2D eigenvalue weighted by molar-refractivity contribution is 7.46. The third-order valence-electron chi connectivity index (χ3n) is 8.41. The lowest BCUT2D eigenvalue weighted by Crippen LogP contribution is -2.61. The number of hydrogen-bond acceptors (Lipinski definition) is 7. The van der Waals surface area contributed by atoms with Gasteiger partial charge in [-0.2, -0.15) is 14.0 Å². The van der Waals surface area contributed by atoms with Crippen LogP contribution in [-0.2, 0) is 20.0 Å². The molecule has 0 radical (unpaired) electrons. The van der Waals surface area contributed by atoms with Gasteiger partial charge in [-0.15, -0.1) is 0 Å². The van der Waals surface area contributed by atoms with E-state index in [2.05, 4.69) is 16.4 Å². The molecule has 2 aliphatic heterocycles. The molecule has 2 aliphatic rings. The molecule has 4 amide bonds. The van der Waals surface area contributed by atoms with Crippen molar-refractivity contribution >= 4 is 48.6 Å². The fourth-order valence-corrected chi connectivity index (χ4v) is 6.38. The highest BCUT2D eigenvalue weighted by Crippen LogP contribution is 2.52. The van der Waals surface area contributed by atoms with Gasteiger partial charge in [-0.25, -0.2) is 0 Å². The molecular formula is C30H31F2N6O6P. The predicted molar refractivity (Wildman–Crippen MR) is 160 cm³/mol. The summed E-state index contributed by atoms with van der Waals surface area (Å²) in [5.41, 5.74) is -3.55. The summed E-state index contributed by atoms with van der Waals surface area (Å²) in [6.07, 6.45) is 1.29. The van der Waals surface area contributed by atoms with Crippen molar-refractivity contribution in [3.8, 4) is 6.07 Å². The van der Waals surface area contributed by atoms with Crippen LogP contribution in [0.4, 0.5) is 14.5 Å². The number of para-hydroxylation sites is 1. The minimum absolute atomic E-state index is 0.0524. The number of anilines is 1. The summed E-state index contributed by atoms with van der Waals surface area (Å²) in [7, 11) is -2.05. The standard InChI is InChI=1S/C30H31F2N6O6P/c1-17(39)37-12-11-21-8-10-26(29(42)36(2)25-6-4-3-5-18(25)15-33)38(21)28(41)24(16-37)35-27(40)23-14-19-13-20(7-9-22(19)34-23)30(31,32)45(43)44/h3-7,9,13-14,21,24,26,34,43-44H,8,10-12,16H2,1-2H3,(H,35,40)/t21-,24+,26+/m1/s1. The van der Waals surface area contributed by atoms with Crippen LogP contribution in [0, 0.1) is 11.3 Å². The normalized spacial score (nSPS) is 20.4. The topological polar surface area (TPSA) is 170 Å².